The van der Waals surface area contributed by atoms with Gasteiger partial charge in [0.15, 0.2) is 0 Å². The number of hydrogen-bond acceptors (Lipinski definition) is 3. The lowest BCUT2D eigenvalue weighted by atomic mass is 10.2. The molecule has 0 unspecified atom stereocenters. The molecule has 0 aliphatic rings. The number of ether oxygens (including phenoxy) is 1. The number of anilines is 1. The summed E-state index contributed by atoms with van der Waals surface area (Å²) >= 11 is 1.79. The topological polar surface area (TPSA) is 35.2 Å². The van der Waals surface area contributed by atoms with Gasteiger partial charge < -0.3 is 10.5 Å². The predicted octanol–water partition coefficient (Wildman–Crippen LogP) is 3.75. The molecule has 0 aliphatic carbocycles. The highest BCUT2D eigenvalue weighted by Crippen LogP contribution is 2.20. The van der Waals surface area contributed by atoms with Gasteiger partial charge in [0.2, 0.25) is 0 Å². The average Bonchev–Trinajstić information content (AvgIpc) is 2.40. The van der Waals surface area contributed by atoms with Crippen molar-refractivity contribution in [3.63, 3.8) is 0 Å². The van der Waals surface area contributed by atoms with E-state index in [9.17, 15) is 0 Å². The number of thioether (sulfide) groups is 1. The summed E-state index contributed by atoms with van der Waals surface area (Å²) < 4.78 is 5.66. The molecule has 0 atom stereocenters. The summed E-state index contributed by atoms with van der Waals surface area (Å²) in [5.74, 6) is 1.77. The number of aryl methyl sites for hydroxylation is 1. The largest absolute Gasteiger partial charge is 0.493 e. The Morgan fingerprint density at radius 2 is 1.89 bits per heavy atom. The standard InChI is InChI=1S/C15H17NOS/c1-12-7-8-13(11-15(12)16)17-9-10-18-14-5-3-2-4-6-14/h2-8,11H,9-10,16H2,1H3. The second-order valence-corrected chi connectivity index (χ2v) is 5.20. The van der Waals surface area contributed by atoms with Crippen LogP contribution in [0.2, 0.25) is 0 Å². The van der Waals surface area contributed by atoms with Crippen molar-refractivity contribution in [3.05, 3.63) is 54.1 Å². The van der Waals surface area contributed by atoms with E-state index in [0.29, 0.717) is 6.61 Å². The molecular formula is C15H17NOS. The Hall–Kier alpha value is -1.61. The van der Waals surface area contributed by atoms with E-state index < -0.39 is 0 Å². The molecule has 2 aromatic rings. The molecule has 0 aromatic heterocycles. The zero-order chi connectivity index (χ0) is 12.8. The quantitative estimate of drug-likeness (QED) is 0.504. The maximum Gasteiger partial charge on any atom is 0.121 e. The number of benzene rings is 2. The molecule has 0 radical (unpaired) electrons. The van der Waals surface area contributed by atoms with E-state index in [1.165, 1.54) is 4.90 Å². The Bertz CT molecular complexity index is 499. The van der Waals surface area contributed by atoms with Crippen molar-refractivity contribution < 1.29 is 4.74 Å². The Labute approximate surface area is 112 Å². The molecule has 0 spiro atoms. The minimum absolute atomic E-state index is 0.683. The Morgan fingerprint density at radius 1 is 1.11 bits per heavy atom. The van der Waals surface area contributed by atoms with Gasteiger partial charge in [0.25, 0.3) is 0 Å². The summed E-state index contributed by atoms with van der Waals surface area (Å²) in [4.78, 5) is 1.27. The van der Waals surface area contributed by atoms with Gasteiger partial charge in [0.05, 0.1) is 6.61 Å². The molecule has 0 fully saturated rings. The third-order valence-corrected chi connectivity index (χ3v) is 3.59. The fraction of sp³-hybridized carbons (Fsp3) is 0.200. The number of hydrogen-bond donors (Lipinski definition) is 1. The highest BCUT2D eigenvalue weighted by atomic mass is 32.2. The summed E-state index contributed by atoms with van der Waals surface area (Å²) in [6.07, 6.45) is 0. The van der Waals surface area contributed by atoms with Crippen LogP contribution in [0.5, 0.6) is 5.75 Å². The molecule has 0 aliphatic heterocycles. The minimum Gasteiger partial charge on any atom is -0.493 e. The van der Waals surface area contributed by atoms with E-state index in [0.717, 1.165) is 22.8 Å². The van der Waals surface area contributed by atoms with Gasteiger partial charge in [-0.3, -0.25) is 0 Å². The van der Waals surface area contributed by atoms with Gasteiger partial charge in [-0.05, 0) is 30.7 Å². The zero-order valence-corrected chi connectivity index (χ0v) is 11.2. The van der Waals surface area contributed by atoms with E-state index in [1.54, 1.807) is 11.8 Å². The molecule has 3 heteroatoms. The van der Waals surface area contributed by atoms with Crippen molar-refractivity contribution >= 4 is 17.4 Å². The third-order valence-electron chi connectivity index (χ3n) is 2.61. The van der Waals surface area contributed by atoms with Crippen molar-refractivity contribution in [2.45, 2.75) is 11.8 Å². The zero-order valence-electron chi connectivity index (χ0n) is 10.4. The number of nitrogen functional groups attached to an aromatic ring is 1. The molecule has 18 heavy (non-hydrogen) atoms. The third kappa shape index (κ3) is 3.70. The predicted molar refractivity (Wildman–Crippen MR) is 78.3 cm³/mol. The van der Waals surface area contributed by atoms with Gasteiger partial charge in [-0.15, -0.1) is 11.8 Å². The summed E-state index contributed by atoms with van der Waals surface area (Å²) in [6.45, 7) is 2.67. The summed E-state index contributed by atoms with van der Waals surface area (Å²) in [5.41, 5.74) is 7.70. The van der Waals surface area contributed by atoms with E-state index in [2.05, 4.69) is 12.1 Å². The van der Waals surface area contributed by atoms with Gasteiger partial charge in [0, 0.05) is 22.4 Å². The van der Waals surface area contributed by atoms with Crippen LogP contribution in [0.25, 0.3) is 0 Å². The van der Waals surface area contributed by atoms with Crippen LogP contribution in [-0.4, -0.2) is 12.4 Å². The van der Waals surface area contributed by atoms with Crippen molar-refractivity contribution in [1.82, 2.24) is 0 Å². The molecule has 0 heterocycles. The van der Waals surface area contributed by atoms with Crippen LogP contribution in [0.3, 0.4) is 0 Å². The fourth-order valence-corrected chi connectivity index (χ4v) is 2.30. The molecule has 2 N–H and O–H groups in total. The van der Waals surface area contributed by atoms with Crippen molar-refractivity contribution in [1.29, 1.82) is 0 Å². The summed E-state index contributed by atoms with van der Waals surface area (Å²) in [5, 5.41) is 0. The van der Waals surface area contributed by atoms with E-state index >= 15 is 0 Å². The summed E-state index contributed by atoms with van der Waals surface area (Å²) in [6, 6.07) is 16.1. The van der Waals surface area contributed by atoms with E-state index in [-0.39, 0.29) is 0 Å². The van der Waals surface area contributed by atoms with Gasteiger partial charge in [0.1, 0.15) is 5.75 Å². The molecular weight excluding hydrogens is 242 g/mol. The van der Waals surface area contributed by atoms with E-state index in [4.69, 9.17) is 10.5 Å². The van der Waals surface area contributed by atoms with Gasteiger partial charge >= 0.3 is 0 Å². The van der Waals surface area contributed by atoms with Crippen LogP contribution in [-0.2, 0) is 0 Å². The fourth-order valence-electron chi connectivity index (χ4n) is 1.54. The summed E-state index contributed by atoms with van der Waals surface area (Å²) in [7, 11) is 0. The molecule has 0 bridgehead atoms. The molecule has 2 nitrogen and oxygen atoms in total. The second-order valence-electron chi connectivity index (χ2n) is 4.03. The van der Waals surface area contributed by atoms with Crippen LogP contribution in [0.1, 0.15) is 5.56 Å². The van der Waals surface area contributed by atoms with Gasteiger partial charge in [-0.2, -0.15) is 0 Å². The lowest BCUT2D eigenvalue weighted by molar-refractivity contribution is 0.344. The Morgan fingerprint density at radius 3 is 2.61 bits per heavy atom. The molecule has 2 aromatic carbocycles. The Balaban J connectivity index is 1.77. The lowest BCUT2D eigenvalue weighted by Gasteiger charge is -2.08. The highest BCUT2D eigenvalue weighted by molar-refractivity contribution is 7.99. The maximum absolute atomic E-state index is 5.83. The van der Waals surface area contributed by atoms with Crippen LogP contribution in [0, 0.1) is 6.92 Å². The molecule has 2 rings (SSSR count). The smallest absolute Gasteiger partial charge is 0.121 e. The molecule has 0 saturated carbocycles. The first kappa shape index (κ1) is 12.8. The van der Waals surface area contributed by atoms with Crippen molar-refractivity contribution in [2.24, 2.45) is 0 Å². The first-order valence-corrected chi connectivity index (χ1v) is 6.91. The Kier molecular flexibility index (Phi) is 4.53. The lowest BCUT2D eigenvalue weighted by Crippen LogP contribution is -2.01. The van der Waals surface area contributed by atoms with Gasteiger partial charge in [-0.1, -0.05) is 24.3 Å². The SMILES string of the molecule is Cc1ccc(OCCSc2ccccc2)cc1N. The number of rotatable bonds is 5. The van der Waals surface area contributed by atoms with Gasteiger partial charge in [-0.25, -0.2) is 0 Å². The number of nitrogens with two attached hydrogens (primary N) is 1. The maximum atomic E-state index is 5.83. The van der Waals surface area contributed by atoms with Crippen LogP contribution < -0.4 is 10.5 Å². The van der Waals surface area contributed by atoms with Crippen molar-refractivity contribution in [2.75, 3.05) is 18.1 Å². The first-order chi connectivity index (χ1) is 8.75. The average molecular weight is 259 g/mol. The van der Waals surface area contributed by atoms with Crippen LogP contribution in [0.4, 0.5) is 5.69 Å². The minimum atomic E-state index is 0.683. The first-order valence-electron chi connectivity index (χ1n) is 5.92. The van der Waals surface area contributed by atoms with Crippen LogP contribution >= 0.6 is 11.8 Å². The molecule has 0 saturated heterocycles. The normalized spacial score (nSPS) is 10.3. The molecule has 0 amide bonds. The second kappa shape index (κ2) is 6.36. The molecule has 94 valence electrons. The van der Waals surface area contributed by atoms with Crippen molar-refractivity contribution in [3.8, 4) is 5.75 Å². The van der Waals surface area contributed by atoms with Crippen LogP contribution in [0.15, 0.2) is 53.4 Å². The monoisotopic (exact) mass is 259 g/mol. The highest BCUT2D eigenvalue weighted by Gasteiger charge is 1.98. The van der Waals surface area contributed by atoms with E-state index in [1.807, 2.05) is 43.3 Å².